The maximum atomic E-state index is 12.5. The summed E-state index contributed by atoms with van der Waals surface area (Å²) in [5.74, 6) is -2.60. The summed E-state index contributed by atoms with van der Waals surface area (Å²) < 4.78 is 32.6. The Kier molecular flexibility index (Phi) is 7.44. The first kappa shape index (κ1) is 23.7. The Labute approximate surface area is 207 Å². The van der Waals surface area contributed by atoms with E-state index in [1.165, 1.54) is 12.1 Å². The summed E-state index contributed by atoms with van der Waals surface area (Å²) in [7, 11) is -4.67. The Balaban J connectivity index is 0.00000300. The monoisotopic (exact) mass is 506 g/mol. The summed E-state index contributed by atoms with van der Waals surface area (Å²) in [6.45, 7) is 1.58. The van der Waals surface area contributed by atoms with Gasteiger partial charge < -0.3 is 15.0 Å². The van der Waals surface area contributed by atoms with E-state index >= 15 is 0 Å². The van der Waals surface area contributed by atoms with E-state index < -0.39 is 32.3 Å². The van der Waals surface area contributed by atoms with E-state index in [4.69, 9.17) is 11.6 Å². The molecule has 0 saturated carbocycles. The van der Waals surface area contributed by atoms with E-state index in [2.05, 4.69) is 10.2 Å². The number of carboxylic acid groups (broad SMARTS) is 1. The van der Waals surface area contributed by atoms with E-state index in [9.17, 15) is 28.0 Å². The zero-order valence-corrected chi connectivity index (χ0v) is 20.0. The summed E-state index contributed by atoms with van der Waals surface area (Å²) in [6, 6.07) is 9.83. The Hall–Kier alpha value is -1.53. The van der Waals surface area contributed by atoms with Crippen LogP contribution in [0, 0.1) is 6.92 Å². The van der Waals surface area contributed by atoms with Gasteiger partial charge in [-0.05, 0) is 41.6 Å². The smallest absolute Gasteiger partial charge is 0.871 e. The zero-order valence-electron chi connectivity index (χ0n) is 14.9. The van der Waals surface area contributed by atoms with Gasteiger partial charge in [-0.15, -0.1) is 5.11 Å². The van der Waals surface area contributed by atoms with Crippen LogP contribution in [-0.4, -0.2) is 64.4 Å². The number of aryl methyl sites for hydroxylation is 1. The Morgan fingerprint density at radius 1 is 1.14 bits per heavy atom. The van der Waals surface area contributed by atoms with Crippen LogP contribution >= 0.6 is 11.6 Å². The van der Waals surface area contributed by atoms with E-state index in [0.717, 1.165) is 6.07 Å². The third kappa shape index (κ3) is 4.97. The van der Waals surface area contributed by atoms with Crippen molar-refractivity contribution in [2.45, 2.75) is 11.8 Å². The molecule has 0 fully saturated rings. The van der Waals surface area contributed by atoms with Crippen molar-refractivity contribution < 1.29 is 28.0 Å². The van der Waals surface area contributed by atoms with Crippen molar-refractivity contribution in [3.8, 4) is 5.75 Å². The molecule has 1 N–H and O–H groups in total. The van der Waals surface area contributed by atoms with Gasteiger partial charge in [0.05, 0.1) is 11.7 Å². The summed E-state index contributed by atoms with van der Waals surface area (Å²) in [5, 5.41) is 32.1. The molecular formula is C18H11ClN2O6SSr. The molecule has 0 spiro atoms. The average Bonchev–Trinajstić information content (AvgIpc) is 2.61. The first-order valence-corrected chi connectivity index (χ1v) is 9.55. The standard InChI is InChI=1S/C18H13ClN2O6S.Sr/c1-9-6-14(15(8-13(9)19)28(25,26)27)20-21-16-11-5-3-2-4-10(11)7-12(17(16)22)18(23)24;/h2-8,22H,1H3,(H,23,24)(H,25,26,27);/q;+2/p-2. The first-order chi connectivity index (χ1) is 13.1. The predicted molar refractivity (Wildman–Crippen MR) is 104 cm³/mol. The minimum Gasteiger partial charge on any atom is -0.871 e. The van der Waals surface area contributed by atoms with Crippen LogP contribution in [0.2, 0.25) is 5.02 Å². The molecule has 0 aliphatic heterocycles. The molecule has 0 saturated heterocycles. The minimum atomic E-state index is -4.67. The van der Waals surface area contributed by atoms with Crippen LogP contribution in [0.1, 0.15) is 15.9 Å². The van der Waals surface area contributed by atoms with E-state index in [1.54, 1.807) is 31.2 Å². The van der Waals surface area contributed by atoms with Gasteiger partial charge in [-0.25, -0.2) is 0 Å². The fraction of sp³-hybridized carbons (Fsp3) is 0.0556. The molecule has 29 heavy (non-hydrogen) atoms. The predicted octanol–water partition coefficient (Wildman–Crippen LogP) is 2.52. The van der Waals surface area contributed by atoms with Crippen molar-refractivity contribution in [1.29, 1.82) is 0 Å². The van der Waals surface area contributed by atoms with Crippen LogP contribution in [0.25, 0.3) is 10.8 Å². The molecule has 0 aromatic heterocycles. The largest absolute Gasteiger partial charge is 2.00 e. The second kappa shape index (κ2) is 9.09. The second-order valence-corrected chi connectivity index (χ2v) is 7.65. The van der Waals surface area contributed by atoms with Gasteiger partial charge in [0.2, 0.25) is 0 Å². The number of hydrogen-bond acceptors (Lipinski definition) is 7. The van der Waals surface area contributed by atoms with Crippen LogP contribution in [0.5, 0.6) is 5.75 Å². The second-order valence-electron chi connectivity index (χ2n) is 5.85. The van der Waals surface area contributed by atoms with Gasteiger partial charge in [0.25, 0.3) is 10.1 Å². The maximum Gasteiger partial charge on any atom is 2.00 e. The number of carboxylic acids is 1. The average molecular weight is 506 g/mol. The van der Waals surface area contributed by atoms with Crippen molar-refractivity contribution in [2.24, 2.45) is 10.2 Å². The molecule has 3 aromatic carbocycles. The molecule has 144 valence electrons. The fourth-order valence-corrected chi connectivity index (χ4v) is 3.46. The molecule has 0 aliphatic carbocycles. The minimum absolute atomic E-state index is 0. The summed E-state index contributed by atoms with van der Waals surface area (Å²) in [6.07, 6.45) is 0. The van der Waals surface area contributed by atoms with Crippen molar-refractivity contribution >= 4 is 95.3 Å². The van der Waals surface area contributed by atoms with Crippen molar-refractivity contribution in [3.05, 3.63) is 58.6 Å². The molecule has 8 nitrogen and oxygen atoms in total. The molecule has 0 radical (unpaired) electrons. The molecule has 0 bridgehead atoms. The molecule has 0 amide bonds. The van der Waals surface area contributed by atoms with Gasteiger partial charge in [0.1, 0.15) is 10.6 Å². The SMILES string of the molecule is Cc1cc(N=Nc2c([O-])c(C(=O)[O-])cc3ccccc23)c(S(=O)(=O)O)cc1Cl.[Sr+2]. The quantitative estimate of drug-likeness (QED) is 0.327. The first-order valence-electron chi connectivity index (χ1n) is 7.73. The summed E-state index contributed by atoms with van der Waals surface area (Å²) in [5.41, 5.74) is -0.702. The summed E-state index contributed by atoms with van der Waals surface area (Å²) >= 11 is 5.90. The number of carbonyl (C=O) groups excluding carboxylic acids is 1. The number of carbonyl (C=O) groups is 1. The number of azo groups is 1. The Morgan fingerprint density at radius 2 is 1.79 bits per heavy atom. The molecule has 0 heterocycles. The van der Waals surface area contributed by atoms with Gasteiger partial charge in [-0.3, -0.25) is 4.55 Å². The normalized spacial score (nSPS) is 11.6. The van der Waals surface area contributed by atoms with Crippen molar-refractivity contribution in [2.75, 3.05) is 0 Å². The number of hydrogen-bond donors (Lipinski definition) is 1. The summed E-state index contributed by atoms with van der Waals surface area (Å²) in [4.78, 5) is 10.7. The van der Waals surface area contributed by atoms with Crippen molar-refractivity contribution in [1.82, 2.24) is 0 Å². The molecule has 11 heteroatoms. The number of nitrogens with zero attached hydrogens (tertiary/aromatic N) is 2. The van der Waals surface area contributed by atoms with Gasteiger partial charge in [-0.2, -0.15) is 13.5 Å². The number of rotatable bonds is 4. The van der Waals surface area contributed by atoms with Gasteiger partial charge >= 0.3 is 45.5 Å². The number of fused-ring (bicyclic) bond motifs is 1. The van der Waals surface area contributed by atoms with Crippen molar-refractivity contribution in [3.63, 3.8) is 0 Å². The molecule has 3 aromatic rings. The third-order valence-electron chi connectivity index (χ3n) is 3.97. The number of halogens is 1. The van der Waals surface area contributed by atoms with Crippen LogP contribution in [0.15, 0.2) is 57.6 Å². The van der Waals surface area contributed by atoms with Crippen LogP contribution in [-0.2, 0) is 10.1 Å². The van der Waals surface area contributed by atoms with E-state index in [0.29, 0.717) is 16.3 Å². The van der Waals surface area contributed by atoms with Crippen LogP contribution in [0.3, 0.4) is 0 Å². The zero-order chi connectivity index (χ0) is 20.6. The molecule has 0 unspecified atom stereocenters. The van der Waals surface area contributed by atoms with Gasteiger partial charge in [-0.1, -0.05) is 41.6 Å². The van der Waals surface area contributed by atoms with E-state index in [1.807, 2.05) is 0 Å². The Bertz CT molecular complexity index is 1260. The number of aromatic carboxylic acids is 1. The molecule has 0 aliphatic rings. The third-order valence-corrected chi connectivity index (χ3v) is 5.26. The van der Waals surface area contributed by atoms with E-state index in [-0.39, 0.29) is 61.9 Å². The fourth-order valence-electron chi connectivity index (χ4n) is 2.60. The molecule has 3 rings (SSSR count). The van der Waals surface area contributed by atoms with Crippen LogP contribution in [0.4, 0.5) is 11.4 Å². The molecular weight excluding hydrogens is 495 g/mol. The topological polar surface area (TPSA) is 142 Å². The van der Waals surface area contributed by atoms with Gasteiger partial charge in [0.15, 0.2) is 0 Å². The maximum absolute atomic E-state index is 12.5. The van der Waals surface area contributed by atoms with Crippen LogP contribution < -0.4 is 10.2 Å². The number of benzene rings is 3. The Morgan fingerprint density at radius 3 is 2.41 bits per heavy atom. The molecule has 0 atom stereocenters. The van der Waals surface area contributed by atoms with Gasteiger partial charge in [0, 0.05) is 10.4 Å².